The van der Waals surface area contributed by atoms with Crippen molar-refractivity contribution in [2.24, 2.45) is 0 Å². The summed E-state index contributed by atoms with van der Waals surface area (Å²) in [6, 6.07) is 11.7. The molecule has 1 heterocycles. The molecule has 0 saturated carbocycles. The van der Waals surface area contributed by atoms with Gasteiger partial charge in [-0.3, -0.25) is 4.79 Å². The van der Waals surface area contributed by atoms with Crippen molar-refractivity contribution in [3.8, 4) is 0 Å². The van der Waals surface area contributed by atoms with Gasteiger partial charge in [0.1, 0.15) is 0 Å². The van der Waals surface area contributed by atoms with Gasteiger partial charge in [-0.2, -0.15) is 0 Å². The number of hydrogen-bond donors (Lipinski definition) is 1. The fraction of sp³-hybridized carbons (Fsp3) is 0.312. The first kappa shape index (κ1) is 15.1. The van der Waals surface area contributed by atoms with Crippen molar-refractivity contribution in [1.29, 1.82) is 0 Å². The maximum atomic E-state index is 11.9. The van der Waals surface area contributed by atoms with Crippen LogP contribution in [-0.2, 0) is 11.2 Å². The monoisotopic (exact) mass is 307 g/mol. The van der Waals surface area contributed by atoms with Crippen LogP contribution in [0.5, 0.6) is 0 Å². The van der Waals surface area contributed by atoms with E-state index in [-0.39, 0.29) is 11.9 Å². The largest absolute Gasteiger partial charge is 0.350 e. The number of hydrogen-bond acceptors (Lipinski definition) is 2. The van der Waals surface area contributed by atoms with Crippen molar-refractivity contribution in [1.82, 2.24) is 5.32 Å². The summed E-state index contributed by atoms with van der Waals surface area (Å²) in [5, 5.41) is 5.77. The van der Waals surface area contributed by atoms with Gasteiger partial charge in [-0.1, -0.05) is 29.8 Å². The van der Waals surface area contributed by atoms with Gasteiger partial charge in [0.05, 0.1) is 6.04 Å². The molecule has 106 valence electrons. The van der Waals surface area contributed by atoms with Crippen LogP contribution in [-0.4, -0.2) is 5.91 Å². The molecule has 0 aliphatic carbocycles. The minimum absolute atomic E-state index is 0.0112. The van der Waals surface area contributed by atoms with Crippen LogP contribution in [0.15, 0.2) is 41.8 Å². The smallest absolute Gasteiger partial charge is 0.220 e. The number of benzene rings is 1. The van der Waals surface area contributed by atoms with Crippen LogP contribution in [0.1, 0.15) is 36.2 Å². The molecule has 0 radical (unpaired) electrons. The van der Waals surface area contributed by atoms with Gasteiger partial charge in [0, 0.05) is 16.3 Å². The predicted molar refractivity (Wildman–Crippen MR) is 85.3 cm³/mol. The molecule has 1 aromatic heterocycles. The Morgan fingerprint density at radius 2 is 2.20 bits per heavy atom. The average Bonchev–Trinajstić information content (AvgIpc) is 2.92. The summed E-state index contributed by atoms with van der Waals surface area (Å²) in [6.45, 7) is 1.98. The van der Waals surface area contributed by atoms with E-state index < -0.39 is 0 Å². The topological polar surface area (TPSA) is 29.1 Å². The van der Waals surface area contributed by atoms with E-state index in [2.05, 4.69) is 16.8 Å². The fourth-order valence-corrected chi connectivity index (χ4v) is 3.00. The Morgan fingerprint density at radius 3 is 2.90 bits per heavy atom. The number of nitrogens with one attached hydrogen (secondary N) is 1. The van der Waals surface area contributed by atoms with Crippen molar-refractivity contribution in [2.45, 2.75) is 32.2 Å². The molecular formula is C16H18ClNOS. The van der Waals surface area contributed by atoms with Crippen LogP contribution >= 0.6 is 22.9 Å². The second kappa shape index (κ2) is 7.46. The molecule has 0 aliphatic rings. The standard InChI is InChI=1S/C16H18ClNOS/c1-12(13-5-2-6-14(17)11-13)18-16(19)9-3-7-15-8-4-10-20-15/h2,4-6,8,10-12H,3,7,9H2,1H3,(H,18,19). The van der Waals surface area contributed by atoms with E-state index in [1.165, 1.54) is 4.88 Å². The van der Waals surface area contributed by atoms with Gasteiger partial charge in [-0.15, -0.1) is 11.3 Å². The van der Waals surface area contributed by atoms with Gasteiger partial charge in [-0.05, 0) is 48.9 Å². The van der Waals surface area contributed by atoms with Crippen LogP contribution in [0.25, 0.3) is 0 Å². The molecule has 20 heavy (non-hydrogen) atoms. The Balaban J connectivity index is 1.76. The van der Waals surface area contributed by atoms with Gasteiger partial charge in [-0.25, -0.2) is 0 Å². The zero-order chi connectivity index (χ0) is 14.4. The zero-order valence-corrected chi connectivity index (χ0v) is 13.0. The second-order valence-corrected chi connectivity index (χ2v) is 6.25. The predicted octanol–water partition coefficient (Wildman–Crippen LogP) is 4.60. The van der Waals surface area contributed by atoms with Crippen molar-refractivity contribution < 1.29 is 4.79 Å². The van der Waals surface area contributed by atoms with Crippen molar-refractivity contribution >= 4 is 28.8 Å². The van der Waals surface area contributed by atoms with Gasteiger partial charge in [0.2, 0.25) is 5.91 Å². The van der Waals surface area contributed by atoms with E-state index >= 15 is 0 Å². The summed E-state index contributed by atoms with van der Waals surface area (Å²) in [4.78, 5) is 13.2. The summed E-state index contributed by atoms with van der Waals surface area (Å²) in [5.41, 5.74) is 1.03. The minimum atomic E-state index is -0.0112. The summed E-state index contributed by atoms with van der Waals surface area (Å²) in [6.07, 6.45) is 2.41. The Labute approximate surface area is 128 Å². The van der Waals surface area contributed by atoms with E-state index in [1.54, 1.807) is 11.3 Å². The maximum Gasteiger partial charge on any atom is 0.220 e. The second-order valence-electron chi connectivity index (χ2n) is 4.78. The molecule has 1 unspecified atom stereocenters. The molecule has 1 aromatic carbocycles. The first-order chi connectivity index (χ1) is 9.65. The quantitative estimate of drug-likeness (QED) is 0.830. The number of carbonyl (C=O) groups is 1. The third kappa shape index (κ3) is 4.66. The molecule has 0 fully saturated rings. The number of rotatable bonds is 6. The molecule has 1 N–H and O–H groups in total. The van der Waals surface area contributed by atoms with Crippen LogP contribution in [0.3, 0.4) is 0 Å². The molecule has 1 atom stereocenters. The van der Waals surface area contributed by atoms with Crippen LogP contribution in [0.4, 0.5) is 0 Å². The Kier molecular flexibility index (Phi) is 5.62. The summed E-state index contributed by atoms with van der Waals surface area (Å²) in [7, 11) is 0. The molecule has 0 spiro atoms. The number of thiophene rings is 1. The van der Waals surface area contributed by atoms with Crippen molar-refractivity contribution in [3.05, 3.63) is 57.2 Å². The highest BCUT2D eigenvalue weighted by atomic mass is 35.5. The molecule has 4 heteroatoms. The first-order valence-corrected chi connectivity index (χ1v) is 7.98. The van der Waals surface area contributed by atoms with E-state index in [9.17, 15) is 4.79 Å². The number of aryl methyl sites for hydroxylation is 1. The third-order valence-corrected chi connectivity index (χ3v) is 4.30. The molecular weight excluding hydrogens is 290 g/mol. The number of carbonyl (C=O) groups excluding carboxylic acids is 1. The average molecular weight is 308 g/mol. The lowest BCUT2D eigenvalue weighted by molar-refractivity contribution is -0.121. The lowest BCUT2D eigenvalue weighted by atomic mass is 10.1. The highest BCUT2D eigenvalue weighted by molar-refractivity contribution is 7.09. The van der Waals surface area contributed by atoms with Gasteiger partial charge < -0.3 is 5.32 Å². The summed E-state index contributed by atoms with van der Waals surface area (Å²) < 4.78 is 0. The van der Waals surface area contributed by atoms with E-state index in [0.29, 0.717) is 11.4 Å². The number of amides is 1. The first-order valence-electron chi connectivity index (χ1n) is 6.72. The molecule has 2 aromatic rings. The Hall–Kier alpha value is -1.32. The van der Waals surface area contributed by atoms with Crippen molar-refractivity contribution in [3.63, 3.8) is 0 Å². The summed E-state index contributed by atoms with van der Waals surface area (Å²) in [5.74, 6) is 0.0917. The van der Waals surface area contributed by atoms with Crippen LogP contribution in [0, 0.1) is 0 Å². The zero-order valence-electron chi connectivity index (χ0n) is 11.4. The molecule has 1 amide bonds. The maximum absolute atomic E-state index is 11.9. The van der Waals surface area contributed by atoms with Crippen LogP contribution in [0.2, 0.25) is 5.02 Å². The van der Waals surface area contributed by atoms with E-state index in [4.69, 9.17) is 11.6 Å². The van der Waals surface area contributed by atoms with E-state index in [1.807, 2.05) is 37.3 Å². The highest BCUT2D eigenvalue weighted by Crippen LogP contribution is 2.17. The van der Waals surface area contributed by atoms with Gasteiger partial charge in [0.15, 0.2) is 0 Å². The third-order valence-electron chi connectivity index (χ3n) is 3.13. The SMILES string of the molecule is CC(NC(=O)CCCc1cccs1)c1cccc(Cl)c1. The highest BCUT2D eigenvalue weighted by Gasteiger charge is 2.09. The van der Waals surface area contributed by atoms with E-state index in [0.717, 1.165) is 18.4 Å². The molecule has 2 nitrogen and oxygen atoms in total. The normalized spacial score (nSPS) is 12.1. The Bertz CT molecular complexity index is 553. The number of halogens is 1. The fourth-order valence-electron chi connectivity index (χ4n) is 2.05. The molecule has 2 rings (SSSR count). The van der Waals surface area contributed by atoms with Crippen LogP contribution < -0.4 is 5.32 Å². The minimum Gasteiger partial charge on any atom is -0.350 e. The lowest BCUT2D eigenvalue weighted by Crippen LogP contribution is -2.26. The molecule has 0 bridgehead atoms. The Morgan fingerprint density at radius 1 is 1.35 bits per heavy atom. The van der Waals surface area contributed by atoms with Crippen molar-refractivity contribution in [2.75, 3.05) is 0 Å². The molecule has 0 saturated heterocycles. The summed E-state index contributed by atoms with van der Waals surface area (Å²) >= 11 is 7.70. The lowest BCUT2D eigenvalue weighted by Gasteiger charge is -2.14. The van der Waals surface area contributed by atoms with Gasteiger partial charge in [0.25, 0.3) is 0 Å². The molecule has 0 aliphatic heterocycles. The van der Waals surface area contributed by atoms with Gasteiger partial charge >= 0.3 is 0 Å².